The summed E-state index contributed by atoms with van der Waals surface area (Å²) in [5, 5.41) is 0.517. The maximum atomic E-state index is 12.9. The number of benzene rings is 2. The minimum Gasteiger partial charge on any atom is -0.369 e. The first-order valence-electron chi connectivity index (χ1n) is 7.52. The van der Waals surface area contributed by atoms with Crippen LogP contribution >= 0.6 is 11.6 Å². The summed E-state index contributed by atoms with van der Waals surface area (Å²) in [6, 6.07) is 11.5. The number of carbonyl (C=O) groups excluding carboxylic acids is 1. The lowest BCUT2D eigenvalue weighted by Crippen LogP contribution is -2.33. The molecular weight excluding hydrogens is 414 g/mol. The summed E-state index contributed by atoms with van der Waals surface area (Å²) in [6.07, 6.45) is 1.21. The van der Waals surface area contributed by atoms with E-state index in [0.717, 1.165) is 3.97 Å². The monoisotopic (exact) mass is 427 g/mol. The minimum atomic E-state index is -4.07. The highest BCUT2D eigenvalue weighted by molar-refractivity contribution is 7.90. The molecule has 0 spiro atoms. The van der Waals surface area contributed by atoms with Crippen LogP contribution in [0.5, 0.6) is 0 Å². The summed E-state index contributed by atoms with van der Waals surface area (Å²) in [6.45, 7) is -0.579. The largest absolute Gasteiger partial charge is 0.369 e. The van der Waals surface area contributed by atoms with Crippen molar-refractivity contribution >= 4 is 48.5 Å². The smallest absolute Gasteiger partial charge is 0.268 e. The number of hydrogen-bond acceptors (Lipinski definition) is 5. The van der Waals surface area contributed by atoms with Gasteiger partial charge in [-0.3, -0.25) is 4.79 Å². The van der Waals surface area contributed by atoms with E-state index in [1.54, 1.807) is 18.2 Å². The van der Waals surface area contributed by atoms with E-state index in [0.29, 0.717) is 5.39 Å². The Morgan fingerprint density at radius 3 is 2.33 bits per heavy atom. The van der Waals surface area contributed by atoms with Gasteiger partial charge in [0, 0.05) is 11.6 Å². The molecule has 11 heteroatoms. The molecule has 0 saturated heterocycles. The number of nitrogens with one attached hydrogen (secondary N) is 1. The molecule has 0 radical (unpaired) electrons. The van der Waals surface area contributed by atoms with E-state index < -0.39 is 32.5 Å². The minimum absolute atomic E-state index is 0.0266. The first-order valence-corrected chi connectivity index (χ1v) is 10.8. The van der Waals surface area contributed by atoms with E-state index in [1.165, 1.54) is 36.5 Å². The molecule has 0 aliphatic rings. The number of halogens is 1. The van der Waals surface area contributed by atoms with Crippen molar-refractivity contribution in [3.05, 3.63) is 59.8 Å². The molecule has 0 unspecified atom stereocenters. The van der Waals surface area contributed by atoms with Crippen molar-refractivity contribution < 1.29 is 21.6 Å². The van der Waals surface area contributed by atoms with Crippen molar-refractivity contribution in [3.63, 3.8) is 0 Å². The van der Waals surface area contributed by atoms with Gasteiger partial charge in [0.25, 0.3) is 10.0 Å². The second-order valence-corrected chi connectivity index (χ2v) is 9.55. The molecule has 1 amide bonds. The SMILES string of the molecule is NC(=O)CNS(=O)(=O)c1ccc2c(Cl)cn(S(=O)(=O)c3ccccc3)c2c1. The number of sulfonamides is 1. The number of aromatic nitrogens is 1. The van der Waals surface area contributed by atoms with Crippen molar-refractivity contribution in [1.29, 1.82) is 0 Å². The Hall–Kier alpha value is -2.40. The molecule has 0 atom stereocenters. The number of hydrogen-bond donors (Lipinski definition) is 2. The molecule has 3 N–H and O–H groups in total. The van der Waals surface area contributed by atoms with E-state index in [-0.39, 0.29) is 20.3 Å². The predicted octanol–water partition coefficient (Wildman–Crippen LogP) is 1.30. The Balaban J connectivity index is 2.18. The van der Waals surface area contributed by atoms with Gasteiger partial charge in [0.2, 0.25) is 15.9 Å². The molecule has 0 aliphatic carbocycles. The topological polar surface area (TPSA) is 128 Å². The quantitative estimate of drug-likeness (QED) is 0.612. The molecule has 2 aromatic carbocycles. The third-order valence-corrected chi connectivity index (χ3v) is 7.13. The van der Waals surface area contributed by atoms with Crippen LogP contribution in [0.15, 0.2) is 64.5 Å². The standard InChI is InChI=1S/C16H14ClN3O5S2/c17-14-10-20(27(24,25)11-4-2-1-3-5-11)15-8-12(6-7-13(14)15)26(22,23)19-9-16(18)21/h1-8,10,19H,9H2,(H2,18,21). The fourth-order valence-corrected chi connectivity index (χ4v) is 5.17. The van der Waals surface area contributed by atoms with Gasteiger partial charge in [-0.2, -0.15) is 0 Å². The van der Waals surface area contributed by atoms with E-state index >= 15 is 0 Å². The lowest BCUT2D eigenvalue weighted by atomic mass is 10.2. The Kier molecular flexibility index (Phi) is 5.00. The molecule has 1 aromatic heterocycles. The number of amides is 1. The summed E-state index contributed by atoms with van der Waals surface area (Å²) >= 11 is 6.13. The zero-order valence-electron chi connectivity index (χ0n) is 13.7. The Morgan fingerprint density at radius 1 is 1.04 bits per heavy atom. The van der Waals surface area contributed by atoms with Crippen LogP contribution in [0, 0.1) is 0 Å². The average molecular weight is 428 g/mol. The van der Waals surface area contributed by atoms with E-state index in [9.17, 15) is 21.6 Å². The van der Waals surface area contributed by atoms with Crippen LogP contribution in [0.1, 0.15) is 0 Å². The first kappa shape index (κ1) is 19.4. The van der Waals surface area contributed by atoms with Crippen LogP contribution in [0.3, 0.4) is 0 Å². The lowest BCUT2D eigenvalue weighted by Gasteiger charge is -2.09. The molecule has 0 aliphatic heterocycles. The zero-order chi connectivity index (χ0) is 19.8. The molecule has 0 saturated carbocycles. The van der Waals surface area contributed by atoms with Crippen molar-refractivity contribution in [2.45, 2.75) is 9.79 Å². The van der Waals surface area contributed by atoms with Crippen LogP contribution in [-0.4, -0.2) is 33.3 Å². The molecule has 0 fully saturated rings. The van der Waals surface area contributed by atoms with Gasteiger partial charge < -0.3 is 5.73 Å². The summed E-state index contributed by atoms with van der Waals surface area (Å²) in [5.41, 5.74) is 5.04. The molecule has 1 heterocycles. The Bertz CT molecular complexity index is 1240. The van der Waals surface area contributed by atoms with Gasteiger partial charge >= 0.3 is 0 Å². The van der Waals surface area contributed by atoms with Gasteiger partial charge in [-0.15, -0.1) is 0 Å². The van der Waals surface area contributed by atoms with Crippen LogP contribution in [0.4, 0.5) is 0 Å². The molecule has 0 bridgehead atoms. The summed E-state index contributed by atoms with van der Waals surface area (Å²) < 4.78 is 53.4. The maximum Gasteiger partial charge on any atom is 0.268 e. The van der Waals surface area contributed by atoms with E-state index in [2.05, 4.69) is 0 Å². The van der Waals surface area contributed by atoms with Gasteiger partial charge in [0.05, 0.1) is 26.9 Å². The molecule has 3 rings (SSSR count). The normalized spacial score (nSPS) is 12.3. The molecule has 8 nitrogen and oxygen atoms in total. The third kappa shape index (κ3) is 3.69. The van der Waals surface area contributed by atoms with Crippen molar-refractivity contribution in [1.82, 2.24) is 8.69 Å². The van der Waals surface area contributed by atoms with Gasteiger partial charge in [0.15, 0.2) is 0 Å². The molecule has 142 valence electrons. The molecular formula is C16H14ClN3O5S2. The lowest BCUT2D eigenvalue weighted by molar-refractivity contribution is -0.116. The predicted molar refractivity (Wildman–Crippen MR) is 100 cm³/mol. The van der Waals surface area contributed by atoms with Gasteiger partial charge in [-0.25, -0.2) is 25.5 Å². The Labute approximate surface area is 160 Å². The summed E-state index contributed by atoms with van der Waals surface area (Å²) in [5.74, 6) is -0.849. The van der Waals surface area contributed by atoms with Crippen LogP contribution in [0.2, 0.25) is 5.02 Å². The van der Waals surface area contributed by atoms with Crippen LogP contribution < -0.4 is 10.5 Å². The van der Waals surface area contributed by atoms with Gasteiger partial charge in [0.1, 0.15) is 0 Å². The highest BCUT2D eigenvalue weighted by atomic mass is 35.5. The second-order valence-electron chi connectivity index (χ2n) is 5.56. The van der Waals surface area contributed by atoms with Gasteiger partial charge in [-0.05, 0) is 30.3 Å². The summed E-state index contributed by atoms with van der Waals surface area (Å²) in [4.78, 5) is 10.6. The highest BCUT2D eigenvalue weighted by Gasteiger charge is 2.23. The second kappa shape index (κ2) is 6.97. The molecule has 3 aromatic rings. The third-order valence-electron chi connectivity index (χ3n) is 3.74. The number of rotatable bonds is 6. The van der Waals surface area contributed by atoms with Crippen LogP contribution in [-0.2, 0) is 24.8 Å². The van der Waals surface area contributed by atoms with Gasteiger partial charge in [-0.1, -0.05) is 29.8 Å². The maximum absolute atomic E-state index is 12.9. The van der Waals surface area contributed by atoms with Crippen molar-refractivity contribution in [2.75, 3.05) is 6.54 Å². The fraction of sp³-hybridized carbons (Fsp3) is 0.0625. The number of nitrogens with two attached hydrogens (primary N) is 1. The highest BCUT2D eigenvalue weighted by Crippen LogP contribution is 2.31. The van der Waals surface area contributed by atoms with Crippen molar-refractivity contribution in [2.24, 2.45) is 5.73 Å². The number of nitrogens with zero attached hydrogens (tertiary/aromatic N) is 1. The van der Waals surface area contributed by atoms with E-state index in [1.807, 2.05) is 4.72 Å². The Morgan fingerprint density at radius 2 is 1.70 bits per heavy atom. The molecule has 27 heavy (non-hydrogen) atoms. The first-order chi connectivity index (χ1) is 12.6. The fourth-order valence-electron chi connectivity index (χ4n) is 2.46. The number of fused-ring (bicyclic) bond motifs is 1. The summed E-state index contributed by atoms with van der Waals surface area (Å²) in [7, 11) is -8.06. The van der Waals surface area contributed by atoms with Crippen molar-refractivity contribution in [3.8, 4) is 0 Å². The van der Waals surface area contributed by atoms with Crippen LogP contribution in [0.25, 0.3) is 10.9 Å². The van der Waals surface area contributed by atoms with E-state index in [4.69, 9.17) is 17.3 Å². The zero-order valence-corrected chi connectivity index (χ0v) is 16.1. The number of carbonyl (C=O) groups is 1. The number of primary amides is 1. The average Bonchev–Trinajstić information content (AvgIpc) is 2.98.